The lowest BCUT2D eigenvalue weighted by molar-refractivity contribution is 0.541. The molecule has 4 heterocycles. The van der Waals surface area contributed by atoms with E-state index in [0.29, 0.717) is 21.6 Å². The molecule has 1 aromatic carbocycles. The van der Waals surface area contributed by atoms with E-state index in [0.717, 1.165) is 11.4 Å². The summed E-state index contributed by atoms with van der Waals surface area (Å²) in [4.78, 5) is 10.8. The molecule has 4 aromatic rings. The third-order valence-corrected chi connectivity index (χ3v) is 5.79. The minimum atomic E-state index is -0.355. The van der Waals surface area contributed by atoms with Gasteiger partial charge in [0.15, 0.2) is 5.11 Å². The maximum Gasteiger partial charge on any atom is 0.174 e. The van der Waals surface area contributed by atoms with Gasteiger partial charge in [-0.1, -0.05) is 29.8 Å². The number of hydrogen-bond acceptors (Lipinski definition) is 3. The van der Waals surface area contributed by atoms with Crippen molar-refractivity contribution >= 4 is 34.6 Å². The Labute approximate surface area is 189 Å². The quantitative estimate of drug-likeness (QED) is 0.432. The van der Waals surface area contributed by atoms with Crippen molar-refractivity contribution in [3.63, 3.8) is 0 Å². The molecule has 8 heteroatoms. The molecule has 0 aliphatic carbocycles. The van der Waals surface area contributed by atoms with Gasteiger partial charge in [0.2, 0.25) is 0 Å². The zero-order valence-electron chi connectivity index (χ0n) is 16.2. The van der Waals surface area contributed by atoms with Gasteiger partial charge in [-0.15, -0.1) is 0 Å². The Balaban J connectivity index is 1.68. The summed E-state index contributed by atoms with van der Waals surface area (Å²) in [6, 6.07) is 19.3. The summed E-state index contributed by atoms with van der Waals surface area (Å²) in [5.74, 6) is 0.358. The number of nitrogens with zero attached hydrogens (tertiary/aromatic N) is 4. The molecule has 5 rings (SSSR count). The molecule has 1 saturated heterocycles. The maximum atomic E-state index is 14.8. The Morgan fingerprint density at radius 2 is 1.81 bits per heavy atom. The third-order valence-electron chi connectivity index (χ3n) is 5.25. The van der Waals surface area contributed by atoms with E-state index in [2.05, 4.69) is 15.3 Å². The van der Waals surface area contributed by atoms with E-state index in [9.17, 15) is 4.39 Å². The van der Waals surface area contributed by atoms with Crippen LogP contribution in [0.25, 0.3) is 5.82 Å². The molecule has 0 radical (unpaired) electrons. The fraction of sp³-hybridized carbons (Fsp3) is 0.0870. The summed E-state index contributed by atoms with van der Waals surface area (Å²) in [6.45, 7) is 0. The Kier molecular flexibility index (Phi) is 5.13. The molecule has 154 valence electrons. The summed E-state index contributed by atoms with van der Waals surface area (Å²) >= 11 is 11.7. The SMILES string of the molecule is Fc1ccccc1N1C(=S)N[C@@H](c2ccccn2)[C@H]1c1cccn1-c1ccc(Cl)cn1. The fourth-order valence-electron chi connectivity index (χ4n) is 3.92. The molecule has 1 N–H and O–H groups in total. The second-order valence-corrected chi connectivity index (χ2v) is 7.91. The summed E-state index contributed by atoms with van der Waals surface area (Å²) < 4.78 is 16.8. The average Bonchev–Trinajstić information content (AvgIpc) is 3.40. The lowest BCUT2D eigenvalue weighted by atomic mass is 10.0. The average molecular weight is 450 g/mol. The predicted molar refractivity (Wildman–Crippen MR) is 123 cm³/mol. The van der Waals surface area contributed by atoms with Gasteiger partial charge >= 0.3 is 0 Å². The van der Waals surface area contributed by atoms with Crippen LogP contribution in [0.4, 0.5) is 10.1 Å². The first kappa shape index (κ1) is 19.7. The molecule has 0 bridgehead atoms. The van der Waals surface area contributed by atoms with Crippen LogP contribution in [-0.2, 0) is 0 Å². The van der Waals surface area contributed by atoms with Crippen molar-refractivity contribution in [2.75, 3.05) is 4.90 Å². The molecule has 0 spiro atoms. The lowest BCUT2D eigenvalue weighted by Gasteiger charge is -2.29. The van der Waals surface area contributed by atoms with Crippen LogP contribution in [0.1, 0.15) is 23.5 Å². The molecular weight excluding hydrogens is 433 g/mol. The van der Waals surface area contributed by atoms with Gasteiger partial charge in [0.25, 0.3) is 0 Å². The zero-order valence-corrected chi connectivity index (χ0v) is 17.8. The van der Waals surface area contributed by atoms with Crippen LogP contribution in [0, 0.1) is 5.82 Å². The van der Waals surface area contributed by atoms with Crippen LogP contribution in [-0.4, -0.2) is 19.6 Å². The van der Waals surface area contributed by atoms with Gasteiger partial charge < -0.3 is 14.8 Å². The Morgan fingerprint density at radius 3 is 2.55 bits per heavy atom. The Bertz CT molecular complexity index is 1230. The van der Waals surface area contributed by atoms with Gasteiger partial charge in [0.05, 0.1) is 22.4 Å². The first-order valence-electron chi connectivity index (χ1n) is 9.68. The van der Waals surface area contributed by atoms with Gasteiger partial charge in [0.1, 0.15) is 17.7 Å². The molecule has 2 atom stereocenters. The van der Waals surface area contributed by atoms with Gasteiger partial charge in [-0.2, -0.15) is 0 Å². The minimum Gasteiger partial charge on any atom is -0.351 e. The summed E-state index contributed by atoms with van der Waals surface area (Å²) in [5, 5.41) is 4.33. The molecular formula is C23H17ClFN5S. The molecule has 1 aliphatic heterocycles. The van der Waals surface area contributed by atoms with E-state index in [-0.39, 0.29) is 17.9 Å². The first-order valence-corrected chi connectivity index (χ1v) is 10.5. The standard InChI is InChI=1S/C23H17ClFN5S/c24-15-10-11-20(27-14-15)29-13-5-9-19(29)22-21(17-7-3-4-12-26-17)28-23(31)30(22)18-8-2-1-6-16(18)25/h1-14,21-22H,(H,28,31)/t21-,22+/m0/s1. The van der Waals surface area contributed by atoms with Crippen LogP contribution in [0.15, 0.2) is 85.3 Å². The predicted octanol–water partition coefficient (Wildman–Crippen LogP) is 5.24. The molecule has 1 aliphatic rings. The Hall–Kier alpha value is -3.29. The number of thiocarbonyl (C=S) groups is 1. The van der Waals surface area contributed by atoms with E-state index in [4.69, 9.17) is 23.8 Å². The van der Waals surface area contributed by atoms with E-state index >= 15 is 0 Å². The maximum absolute atomic E-state index is 14.8. The number of hydrogen-bond donors (Lipinski definition) is 1. The summed E-state index contributed by atoms with van der Waals surface area (Å²) in [7, 11) is 0. The topological polar surface area (TPSA) is 46.0 Å². The van der Waals surface area contributed by atoms with Crippen molar-refractivity contribution in [3.8, 4) is 5.82 Å². The molecule has 0 unspecified atom stereocenters. The highest BCUT2D eigenvalue weighted by atomic mass is 35.5. The highest BCUT2D eigenvalue weighted by molar-refractivity contribution is 7.80. The van der Waals surface area contributed by atoms with E-state index in [1.807, 2.05) is 52.1 Å². The summed E-state index contributed by atoms with van der Waals surface area (Å²) in [5.41, 5.74) is 2.10. The highest BCUT2D eigenvalue weighted by Gasteiger charge is 2.43. The second kappa shape index (κ2) is 8.09. The molecule has 0 saturated carbocycles. The van der Waals surface area contributed by atoms with Crippen LogP contribution in [0.2, 0.25) is 5.02 Å². The van der Waals surface area contributed by atoms with Crippen LogP contribution in [0.3, 0.4) is 0 Å². The lowest BCUT2D eigenvalue weighted by Crippen LogP contribution is -2.31. The molecule has 3 aromatic heterocycles. The number of pyridine rings is 2. The van der Waals surface area contributed by atoms with Crippen molar-refractivity contribution in [2.45, 2.75) is 12.1 Å². The number of aromatic nitrogens is 3. The van der Waals surface area contributed by atoms with Gasteiger partial charge in [-0.05, 0) is 60.7 Å². The van der Waals surface area contributed by atoms with Crippen LogP contribution in [0.5, 0.6) is 0 Å². The number of rotatable bonds is 4. The van der Waals surface area contributed by atoms with Crippen molar-refractivity contribution in [2.24, 2.45) is 0 Å². The second-order valence-electron chi connectivity index (χ2n) is 7.09. The van der Waals surface area contributed by atoms with Gasteiger partial charge in [0, 0.05) is 24.3 Å². The van der Waals surface area contributed by atoms with Crippen LogP contribution < -0.4 is 10.2 Å². The Morgan fingerprint density at radius 1 is 0.968 bits per heavy atom. The highest BCUT2D eigenvalue weighted by Crippen LogP contribution is 2.42. The largest absolute Gasteiger partial charge is 0.351 e. The van der Waals surface area contributed by atoms with Crippen molar-refractivity contribution in [1.29, 1.82) is 0 Å². The van der Waals surface area contributed by atoms with Crippen LogP contribution >= 0.6 is 23.8 Å². The number of para-hydroxylation sites is 1. The van der Waals surface area contributed by atoms with E-state index < -0.39 is 0 Å². The monoisotopic (exact) mass is 449 g/mol. The van der Waals surface area contributed by atoms with Gasteiger partial charge in [-0.3, -0.25) is 4.98 Å². The summed E-state index contributed by atoms with van der Waals surface area (Å²) in [6.07, 6.45) is 5.26. The van der Waals surface area contributed by atoms with Crippen molar-refractivity contribution in [1.82, 2.24) is 19.9 Å². The third kappa shape index (κ3) is 3.56. The molecule has 0 amide bonds. The van der Waals surface area contributed by atoms with Crippen molar-refractivity contribution in [3.05, 3.63) is 108 Å². The van der Waals surface area contributed by atoms with Gasteiger partial charge in [-0.25, -0.2) is 9.37 Å². The minimum absolute atomic E-state index is 0.283. The fourth-order valence-corrected chi connectivity index (χ4v) is 4.37. The van der Waals surface area contributed by atoms with Crippen molar-refractivity contribution < 1.29 is 4.39 Å². The normalized spacial score (nSPS) is 18.3. The number of benzene rings is 1. The zero-order chi connectivity index (χ0) is 21.4. The molecule has 5 nitrogen and oxygen atoms in total. The smallest absolute Gasteiger partial charge is 0.174 e. The first-order chi connectivity index (χ1) is 15.1. The molecule has 31 heavy (non-hydrogen) atoms. The van der Waals surface area contributed by atoms with E-state index in [1.54, 1.807) is 36.7 Å². The number of anilines is 1. The molecule has 1 fully saturated rings. The number of halogens is 2. The van der Waals surface area contributed by atoms with E-state index in [1.165, 1.54) is 6.07 Å². The number of nitrogens with one attached hydrogen (secondary N) is 1.